The molecule has 0 saturated heterocycles. The Balaban J connectivity index is 2.34. The lowest BCUT2D eigenvalue weighted by Crippen LogP contribution is -2.25. The number of unbranched alkanes of at least 4 members (excludes halogenated alkanes) is 1. The normalized spacial score (nSPS) is 11.3. The number of hydrogen-bond acceptors (Lipinski definition) is 4. The van der Waals surface area contributed by atoms with E-state index < -0.39 is 0 Å². The van der Waals surface area contributed by atoms with Gasteiger partial charge >= 0.3 is 0 Å². The van der Waals surface area contributed by atoms with Crippen molar-refractivity contribution in [2.45, 2.75) is 39.8 Å². The summed E-state index contributed by atoms with van der Waals surface area (Å²) < 4.78 is 7.34. The molecular formula is C17H24N2O3. The molecule has 1 N–H and O–H groups in total. The third-order valence-corrected chi connectivity index (χ3v) is 3.81. The summed E-state index contributed by atoms with van der Waals surface area (Å²) in [5.74, 6) is 0.629. The van der Waals surface area contributed by atoms with Gasteiger partial charge in [0.2, 0.25) is 5.43 Å². The molecule has 0 atom stereocenters. The maximum Gasteiger partial charge on any atom is 0.223 e. The minimum absolute atomic E-state index is 0.166. The van der Waals surface area contributed by atoms with Crippen molar-refractivity contribution < 1.29 is 9.52 Å². The van der Waals surface area contributed by atoms with Gasteiger partial charge in [0.15, 0.2) is 5.75 Å². The first-order valence-electron chi connectivity index (χ1n) is 7.66. The Morgan fingerprint density at radius 3 is 2.82 bits per heavy atom. The highest BCUT2D eigenvalue weighted by molar-refractivity contribution is 5.30. The topological polar surface area (TPSA) is 58.6 Å². The van der Waals surface area contributed by atoms with Crippen LogP contribution in [-0.2, 0) is 13.1 Å². The lowest BCUT2D eigenvalue weighted by molar-refractivity contribution is 0.301. The van der Waals surface area contributed by atoms with E-state index in [-0.39, 0.29) is 11.2 Å². The highest BCUT2D eigenvalue weighted by Crippen LogP contribution is 2.18. The van der Waals surface area contributed by atoms with Crippen LogP contribution in [0.3, 0.4) is 0 Å². The van der Waals surface area contributed by atoms with E-state index >= 15 is 0 Å². The van der Waals surface area contributed by atoms with Crippen molar-refractivity contribution in [2.75, 3.05) is 13.6 Å². The summed E-state index contributed by atoms with van der Waals surface area (Å²) in [6.45, 7) is 5.98. The molecule has 0 saturated carbocycles. The third kappa shape index (κ3) is 3.80. The van der Waals surface area contributed by atoms with E-state index in [1.165, 1.54) is 6.07 Å². The molecule has 2 aromatic rings. The highest BCUT2D eigenvalue weighted by Gasteiger charge is 2.15. The van der Waals surface area contributed by atoms with E-state index in [9.17, 15) is 9.90 Å². The average Bonchev–Trinajstić information content (AvgIpc) is 2.99. The van der Waals surface area contributed by atoms with Crippen LogP contribution in [0.2, 0.25) is 0 Å². The van der Waals surface area contributed by atoms with Crippen molar-refractivity contribution in [3.05, 3.63) is 51.8 Å². The summed E-state index contributed by atoms with van der Waals surface area (Å²) in [5.41, 5.74) is 1.13. The van der Waals surface area contributed by atoms with Gasteiger partial charge < -0.3 is 19.0 Å². The highest BCUT2D eigenvalue weighted by atomic mass is 16.3. The SMILES string of the molecule is CCCCN(C)Cc1c(O)c(=O)cc(C)n1Cc1ccco1. The Morgan fingerprint density at radius 1 is 1.41 bits per heavy atom. The maximum absolute atomic E-state index is 11.9. The van der Waals surface area contributed by atoms with Gasteiger partial charge in [0, 0.05) is 18.3 Å². The van der Waals surface area contributed by atoms with E-state index in [4.69, 9.17) is 4.42 Å². The van der Waals surface area contributed by atoms with E-state index in [1.807, 2.05) is 30.7 Å². The van der Waals surface area contributed by atoms with Gasteiger partial charge in [-0.1, -0.05) is 13.3 Å². The van der Waals surface area contributed by atoms with Gasteiger partial charge in [0.25, 0.3) is 0 Å². The zero-order valence-electron chi connectivity index (χ0n) is 13.5. The van der Waals surface area contributed by atoms with Crippen molar-refractivity contribution in [2.24, 2.45) is 0 Å². The number of furan rings is 1. The lowest BCUT2D eigenvalue weighted by Gasteiger charge is -2.22. The zero-order chi connectivity index (χ0) is 16.1. The Morgan fingerprint density at radius 2 is 2.18 bits per heavy atom. The second-order valence-corrected chi connectivity index (χ2v) is 5.70. The Labute approximate surface area is 130 Å². The molecular weight excluding hydrogens is 280 g/mol. The van der Waals surface area contributed by atoms with Crippen molar-refractivity contribution in [3.8, 4) is 5.75 Å². The first-order chi connectivity index (χ1) is 10.5. The molecule has 0 spiro atoms. The van der Waals surface area contributed by atoms with Crippen LogP contribution in [0.25, 0.3) is 0 Å². The standard InChI is InChI=1S/C17H24N2O3/c1-4-5-8-18(3)12-15-17(21)16(20)10-13(2)19(15)11-14-7-6-9-22-14/h6-7,9-10,21H,4-5,8,11-12H2,1-3H3. The lowest BCUT2D eigenvalue weighted by atomic mass is 10.2. The van der Waals surface area contributed by atoms with E-state index in [2.05, 4.69) is 11.8 Å². The van der Waals surface area contributed by atoms with Crippen molar-refractivity contribution >= 4 is 0 Å². The molecule has 5 nitrogen and oxygen atoms in total. The zero-order valence-corrected chi connectivity index (χ0v) is 13.5. The van der Waals surface area contributed by atoms with Crippen LogP contribution in [0, 0.1) is 6.92 Å². The van der Waals surface area contributed by atoms with Gasteiger partial charge in [-0.3, -0.25) is 4.79 Å². The molecule has 5 heteroatoms. The number of aryl methyl sites for hydroxylation is 1. The minimum atomic E-state index is -0.327. The first kappa shape index (κ1) is 16.4. The second kappa shape index (κ2) is 7.31. The van der Waals surface area contributed by atoms with Crippen molar-refractivity contribution in [3.63, 3.8) is 0 Å². The number of rotatable bonds is 7. The summed E-state index contributed by atoms with van der Waals surface area (Å²) in [6.07, 6.45) is 3.83. The summed E-state index contributed by atoms with van der Waals surface area (Å²) in [4.78, 5) is 14.0. The molecule has 0 aliphatic carbocycles. The van der Waals surface area contributed by atoms with Gasteiger partial charge in [-0.05, 0) is 39.1 Å². The maximum atomic E-state index is 11.9. The molecule has 0 unspecified atom stereocenters. The number of hydrogen-bond donors (Lipinski definition) is 1. The second-order valence-electron chi connectivity index (χ2n) is 5.70. The first-order valence-corrected chi connectivity index (χ1v) is 7.66. The third-order valence-electron chi connectivity index (χ3n) is 3.81. The monoisotopic (exact) mass is 304 g/mol. The molecule has 120 valence electrons. The Hall–Kier alpha value is -2.01. The van der Waals surface area contributed by atoms with E-state index in [0.29, 0.717) is 18.8 Å². The van der Waals surface area contributed by atoms with Crippen LogP contribution in [0.1, 0.15) is 36.9 Å². The summed E-state index contributed by atoms with van der Waals surface area (Å²) in [6, 6.07) is 5.19. The number of aromatic nitrogens is 1. The molecule has 0 aromatic carbocycles. The fourth-order valence-electron chi connectivity index (χ4n) is 2.52. The van der Waals surface area contributed by atoms with Gasteiger partial charge in [0.05, 0.1) is 18.5 Å². The molecule has 2 aromatic heterocycles. The Bertz CT molecular complexity index is 659. The van der Waals surface area contributed by atoms with Gasteiger partial charge in [-0.2, -0.15) is 0 Å². The molecule has 0 aliphatic rings. The largest absolute Gasteiger partial charge is 0.503 e. The van der Waals surface area contributed by atoms with Crippen LogP contribution < -0.4 is 5.43 Å². The molecule has 0 aliphatic heterocycles. The molecule has 22 heavy (non-hydrogen) atoms. The van der Waals surface area contributed by atoms with Crippen LogP contribution in [0.15, 0.2) is 33.7 Å². The number of aromatic hydroxyl groups is 1. The number of pyridine rings is 1. The van der Waals surface area contributed by atoms with Crippen LogP contribution in [0.5, 0.6) is 5.75 Å². The summed E-state index contributed by atoms with van der Waals surface area (Å²) >= 11 is 0. The smallest absolute Gasteiger partial charge is 0.223 e. The average molecular weight is 304 g/mol. The van der Waals surface area contributed by atoms with Gasteiger partial charge in [-0.25, -0.2) is 0 Å². The summed E-state index contributed by atoms with van der Waals surface area (Å²) in [7, 11) is 2.00. The molecule has 0 fully saturated rings. The van der Waals surface area contributed by atoms with Crippen molar-refractivity contribution in [1.29, 1.82) is 0 Å². The fourth-order valence-corrected chi connectivity index (χ4v) is 2.52. The Kier molecular flexibility index (Phi) is 5.44. The van der Waals surface area contributed by atoms with Gasteiger partial charge in [0.1, 0.15) is 5.76 Å². The quantitative estimate of drug-likeness (QED) is 0.854. The fraction of sp³-hybridized carbons (Fsp3) is 0.471. The van der Waals surface area contributed by atoms with Crippen LogP contribution in [0.4, 0.5) is 0 Å². The molecule has 2 heterocycles. The predicted octanol–water partition coefficient (Wildman–Crippen LogP) is 2.74. The predicted molar refractivity (Wildman–Crippen MR) is 86.2 cm³/mol. The van der Waals surface area contributed by atoms with Crippen molar-refractivity contribution in [1.82, 2.24) is 9.47 Å². The van der Waals surface area contributed by atoms with Crippen LogP contribution in [-0.4, -0.2) is 28.2 Å². The van der Waals surface area contributed by atoms with Crippen LogP contribution >= 0.6 is 0 Å². The summed E-state index contributed by atoms with van der Waals surface area (Å²) in [5, 5.41) is 10.2. The van der Waals surface area contributed by atoms with Gasteiger partial charge in [-0.15, -0.1) is 0 Å². The molecule has 2 rings (SSSR count). The molecule has 0 radical (unpaired) electrons. The molecule has 0 amide bonds. The van der Waals surface area contributed by atoms with E-state index in [0.717, 1.165) is 30.8 Å². The minimum Gasteiger partial charge on any atom is -0.503 e. The van der Waals surface area contributed by atoms with E-state index in [1.54, 1.807) is 6.26 Å². The number of nitrogens with zero attached hydrogens (tertiary/aromatic N) is 2. The molecule has 0 bridgehead atoms.